The van der Waals surface area contributed by atoms with E-state index in [1.54, 1.807) is 24.3 Å². The minimum absolute atomic E-state index is 0.136. The Kier molecular flexibility index (Phi) is 7.25. The van der Waals surface area contributed by atoms with Gasteiger partial charge in [0.2, 0.25) is 15.9 Å². The quantitative estimate of drug-likeness (QED) is 0.614. The molecule has 5 rings (SSSR count). The predicted octanol–water partition coefficient (Wildman–Crippen LogP) is 2.73. The molecule has 0 aliphatic carbocycles. The van der Waals surface area contributed by atoms with Crippen LogP contribution in [0, 0.1) is 0 Å². The van der Waals surface area contributed by atoms with Crippen LogP contribution in [0.4, 0.5) is 0 Å². The van der Waals surface area contributed by atoms with E-state index in [2.05, 4.69) is 4.90 Å². The molecule has 1 amide bonds. The number of piperazine rings is 1. The van der Waals surface area contributed by atoms with E-state index in [1.807, 2.05) is 41.3 Å². The topological polar surface area (TPSA) is 70.2 Å². The van der Waals surface area contributed by atoms with Gasteiger partial charge in [0.05, 0.1) is 16.4 Å². The summed E-state index contributed by atoms with van der Waals surface area (Å²) < 4.78 is 33.7. The standard InChI is InChI=1S/C27H35N3O4S/c31-26(29-19-17-28(18-20-29)22-24-10-7-21-34-24)27(23-8-3-1-4-9-23)13-15-30(16-14-27)35(32,33)25-11-5-2-6-12-25/h1-6,8-9,11-12,24H,7,10,13-22H2. The lowest BCUT2D eigenvalue weighted by Gasteiger charge is -2.45. The first-order chi connectivity index (χ1) is 17.0. The molecule has 188 valence electrons. The van der Waals surface area contributed by atoms with E-state index in [-0.39, 0.29) is 5.91 Å². The van der Waals surface area contributed by atoms with Gasteiger partial charge in [-0.3, -0.25) is 9.69 Å². The van der Waals surface area contributed by atoms with Gasteiger partial charge in [0, 0.05) is 52.4 Å². The van der Waals surface area contributed by atoms with E-state index >= 15 is 0 Å². The van der Waals surface area contributed by atoms with Crippen LogP contribution < -0.4 is 0 Å². The summed E-state index contributed by atoms with van der Waals surface area (Å²) >= 11 is 0. The Hall–Kier alpha value is -2.26. The van der Waals surface area contributed by atoms with Crippen LogP contribution in [0.15, 0.2) is 65.6 Å². The molecule has 0 saturated carbocycles. The van der Waals surface area contributed by atoms with Gasteiger partial charge in [-0.1, -0.05) is 48.5 Å². The normalized spacial score (nSPS) is 23.9. The molecule has 8 heteroatoms. The number of ether oxygens (including phenoxy) is 1. The second-order valence-corrected chi connectivity index (χ2v) is 11.8. The molecule has 3 saturated heterocycles. The first-order valence-electron chi connectivity index (χ1n) is 12.7. The van der Waals surface area contributed by atoms with Crippen molar-refractivity contribution in [1.82, 2.24) is 14.1 Å². The van der Waals surface area contributed by atoms with E-state index < -0.39 is 15.4 Å². The molecule has 3 aliphatic rings. The van der Waals surface area contributed by atoms with E-state index in [9.17, 15) is 13.2 Å². The van der Waals surface area contributed by atoms with Crippen molar-refractivity contribution in [3.63, 3.8) is 0 Å². The zero-order valence-corrected chi connectivity index (χ0v) is 21.0. The van der Waals surface area contributed by atoms with Crippen molar-refractivity contribution in [1.29, 1.82) is 0 Å². The second kappa shape index (κ2) is 10.4. The third-order valence-corrected chi connectivity index (χ3v) is 9.75. The Balaban J connectivity index is 1.30. The van der Waals surface area contributed by atoms with Gasteiger partial charge in [0.25, 0.3) is 0 Å². The van der Waals surface area contributed by atoms with Crippen LogP contribution in [0.3, 0.4) is 0 Å². The van der Waals surface area contributed by atoms with Crippen molar-refractivity contribution in [2.45, 2.75) is 42.1 Å². The Morgan fingerprint density at radius 2 is 1.51 bits per heavy atom. The molecule has 0 spiro atoms. The van der Waals surface area contributed by atoms with E-state index in [0.29, 0.717) is 50.0 Å². The van der Waals surface area contributed by atoms with Gasteiger partial charge in [0.15, 0.2) is 0 Å². The lowest BCUT2D eigenvalue weighted by molar-refractivity contribution is -0.141. The first-order valence-corrected chi connectivity index (χ1v) is 14.2. The maximum Gasteiger partial charge on any atom is 0.243 e. The third kappa shape index (κ3) is 5.03. The lowest BCUT2D eigenvalue weighted by atomic mass is 9.72. The number of carbonyl (C=O) groups excluding carboxylic acids is 1. The maximum absolute atomic E-state index is 14.1. The van der Waals surface area contributed by atoms with Crippen LogP contribution in [-0.2, 0) is 25.0 Å². The minimum Gasteiger partial charge on any atom is -0.377 e. The molecule has 2 aromatic carbocycles. The SMILES string of the molecule is O=C(N1CCN(CC2CCCO2)CC1)C1(c2ccccc2)CCN(S(=O)(=O)c2ccccc2)CC1. The smallest absolute Gasteiger partial charge is 0.243 e. The summed E-state index contributed by atoms with van der Waals surface area (Å²) in [6.45, 7) is 5.57. The molecule has 7 nitrogen and oxygen atoms in total. The molecule has 1 atom stereocenters. The fraction of sp³-hybridized carbons (Fsp3) is 0.519. The van der Waals surface area contributed by atoms with Gasteiger partial charge in [-0.05, 0) is 43.4 Å². The summed E-state index contributed by atoms with van der Waals surface area (Å²) in [5.41, 5.74) is 0.296. The molecule has 1 unspecified atom stereocenters. The van der Waals surface area contributed by atoms with Crippen LogP contribution in [-0.4, -0.2) is 87.0 Å². The van der Waals surface area contributed by atoms with Crippen molar-refractivity contribution >= 4 is 15.9 Å². The molecule has 0 N–H and O–H groups in total. The Morgan fingerprint density at radius 1 is 0.886 bits per heavy atom. The largest absolute Gasteiger partial charge is 0.377 e. The zero-order chi connectivity index (χ0) is 24.3. The molecule has 0 aromatic heterocycles. The number of piperidine rings is 1. The van der Waals surface area contributed by atoms with Crippen LogP contribution in [0.2, 0.25) is 0 Å². The zero-order valence-electron chi connectivity index (χ0n) is 20.2. The van der Waals surface area contributed by atoms with Crippen molar-refractivity contribution in [2.24, 2.45) is 0 Å². The Morgan fingerprint density at radius 3 is 2.11 bits per heavy atom. The number of sulfonamides is 1. The second-order valence-electron chi connectivity index (χ2n) is 9.89. The fourth-order valence-electron chi connectivity index (χ4n) is 5.75. The van der Waals surface area contributed by atoms with Crippen LogP contribution in [0.5, 0.6) is 0 Å². The third-order valence-electron chi connectivity index (χ3n) is 7.84. The number of nitrogens with zero attached hydrogens (tertiary/aromatic N) is 3. The highest BCUT2D eigenvalue weighted by Gasteiger charge is 2.47. The minimum atomic E-state index is -3.57. The average molecular weight is 498 g/mol. The van der Waals surface area contributed by atoms with Crippen LogP contribution in [0.25, 0.3) is 0 Å². The van der Waals surface area contributed by atoms with Crippen molar-refractivity contribution < 1.29 is 17.9 Å². The number of benzene rings is 2. The molecule has 0 radical (unpaired) electrons. The molecule has 2 aromatic rings. The van der Waals surface area contributed by atoms with Gasteiger partial charge >= 0.3 is 0 Å². The van der Waals surface area contributed by atoms with Crippen molar-refractivity contribution in [3.8, 4) is 0 Å². The summed E-state index contributed by atoms with van der Waals surface area (Å²) in [4.78, 5) is 18.8. The molecule has 3 fully saturated rings. The molecule has 3 aliphatic heterocycles. The summed E-state index contributed by atoms with van der Waals surface area (Å²) in [5, 5.41) is 0. The number of hydrogen-bond acceptors (Lipinski definition) is 5. The highest BCUT2D eigenvalue weighted by molar-refractivity contribution is 7.89. The molecular weight excluding hydrogens is 462 g/mol. The first kappa shape index (κ1) is 24.4. The van der Waals surface area contributed by atoms with Gasteiger partial charge < -0.3 is 9.64 Å². The highest BCUT2D eigenvalue weighted by Crippen LogP contribution is 2.39. The van der Waals surface area contributed by atoms with E-state index in [0.717, 1.165) is 44.6 Å². The molecule has 3 heterocycles. The van der Waals surface area contributed by atoms with Crippen molar-refractivity contribution in [2.75, 3.05) is 52.4 Å². The van der Waals surface area contributed by atoms with Gasteiger partial charge in [-0.25, -0.2) is 8.42 Å². The number of carbonyl (C=O) groups is 1. The molecular formula is C27H35N3O4S. The number of hydrogen-bond donors (Lipinski definition) is 0. The predicted molar refractivity (Wildman–Crippen MR) is 135 cm³/mol. The van der Waals surface area contributed by atoms with E-state index in [4.69, 9.17) is 4.74 Å². The van der Waals surface area contributed by atoms with Crippen molar-refractivity contribution in [3.05, 3.63) is 66.2 Å². The van der Waals surface area contributed by atoms with Gasteiger partial charge in [0.1, 0.15) is 0 Å². The maximum atomic E-state index is 14.1. The van der Waals surface area contributed by atoms with Gasteiger partial charge in [-0.15, -0.1) is 0 Å². The summed E-state index contributed by atoms with van der Waals surface area (Å²) in [7, 11) is -3.57. The highest BCUT2D eigenvalue weighted by atomic mass is 32.2. The van der Waals surface area contributed by atoms with Crippen LogP contribution in [0.1, 0.15) is 31.2 Å². The Labute approximate surface area is 208 Å². The fourth-order valence-corrected chi connectivity index (χ4v) is 7.21. The number of amides is 1. The van der Waals surface area contributed by atoms with Crippen LogP contribution >= 0.6 is 0 Å². The summed E-state index contributed by atoms with van der Waals surface area (Å²) in [6, 6.07) is 18.5. The summed E-state index contributed by atoms with van der Waals surface area (Å²) in [6.07, 6.45) is 3.55. The average Bonchev–Trinajstić information content (AvgIpc) is 3.43. The number of rotatable bonds is 6. The van der Waals surface area contributed by atoms with E-state index in [1.165, 1.54) is 4.31 Å². The summed E-state index contributed by atoms with van der Waals surface area (Å²) in [5.74, 6) is 0.136. The Bertz CT molecular complexity index is 1090. The molecule has 0 bridgehead atoms. The molecule has 35 heavy (non-hydrogen) atoms. The lowest BCUT2D eigenvalue weighted by Crippen LogP contribution is -2.58. The monoisotopic (exact) mass is 497 g/mol. The van der Waals surface area contributed by atoms with Gasteiger partial charge in [-0.2, -0.15) is 4.31 Å².